The second kappa shape index (κ2) is 4.94. The molecule has 98 valence electrons. The predicted molar refractivity (Wildman–Crippen MR) is 67.0 cm³/mol. The Morgan fingerprint density at radius 2 is 2.18 bits per heavy atom. The largest absolute Gasteiger partial charge is 0.481 e. The van der Waals surface area contributed by atoms with Crippen LogP contribution in [0.2, 0.25) is 0 Å². The number of hydrogen-bond acceptors (Lipinski definition) is 3. The Morgan fingerprint density at radius 3 is 2.76 bits per heavy atom. The second-order valence-corrected chi connectivity index (χ2v) is 6.34. The lowest BCUT2D eigenvalue weighted by Crippen LogP contribution is -2.39. The van der Waals surface area contributed by atoms with E-state index in [1.165, 1.54) is 12.8 Å². The fourth-order valence-corrected chi connectivity index (χ4v) is 2.65. The van der Waals surface area contributed by atoms with E-state index < -0.39 is 5.97 Å². The van der Waals surface area contributed by atoms with Crippen LogP contribution in [0.1, 0.15) is 39.5 Å². The molecule has 1 aliphatic heterocycles. The molecule has 0 aromatic heterocycles. The molecule has 1 unspecified atom stereocenters. The van der Waals surface area contributed by atoms with Gasteiger partial charge >= 0.3 is 5.97 Å². The van der Waals surface area contributed by atoms with Gasteiger partial charge in [-0.1, -0.05) is 13.8 Å². The highest BCUT2D eigenvalue weighted by molar-refractivity contribution is 5.66. The van der Waals surface area contributed by atoms with E-state index >= 15 is 0 Å². The van der Waals surface area contributed by atoms with Crippen LogP contribution in [0.4, 0.5) is 0 Å². The van der Waals surface area contributed by atoms with Crippen LogP contribution in [0.25, 0.3) is 0 Å². The molecular formula is C13H24N2O2. The highest BCUT2D eigenvalue weighted by Gasteiger charge is 2.36. The Morgan fingerprint density at radius 1 is 1.47 bits per heavy atom. The number of carboxylic acid groups (broad SMARTS) is 1. The van der Waals surface area contributed by atoms with Crippen molar-refractivity contribution in [2.24, 2.45) is 5.41 Å². The van der Waals surface area contributed by atoms with Crippen molar-refractivity contribution < 1.29 is 9.90 Å². The molecule has 2 N–H and O–H groups in total. The normalized spacial score (nSPS) is 29.9. The van der Waals surface area contributed by atoms with Crippen molar-refractivity contribution in [1.82, 2.24) is 10.2 Å². The Kier molecular flexibility index (Phi) is 3.73. The van der Waals surface area contributed by atoms with Crippen LogP contribution in [0.15, 0.2) is 0 Å². The van der Waals surface area contributed by atoms with Gasteiger partial charge in [0.1, 0.15) is 0 Å². The molecule has 1 aliphatic carbocycles. The van der Waals surface area contributed by atoms with Crippen LogP contribution in [0.3, 0.4) is 0 Å². The van der Waals surface area contributed by atoms with Gasteiger partial charge in [-0.15, -0.1) is 0 Å². The van der Waals surface area contributed by atoms with E-state index in [9.17, 15) is 4.79 Å². The minimum Gasteiger partial charge on any atom is -0.481 e. The molecule has 0 radical (unpaired) electrons. The zero-order valence-corrected chi connectivity index (χ0v) is 10.9. The summed E-state index contributed by atoms with van der Waals surface area (Å²) >= 11 is 0. The Labute approximate surface area is 103 Å². The smallest absolute Gasteiger partial charge is 0.303 e. The quantitative estimate of drug-likeness (QED) is 0.778. The van der Waals surface area contributed by atoms with Gasteiger partial charge in [0, 0.05) is 38.1 Å². The zero-order chi connectivity index (χ0) is 12.5. The first-order chi connectivity index (χ1) is 7.96. The van der Waals surface area contributed by atoms with Crippen LogP contribution in [-0.4, -0.2) is 47.7 Å². The maximum absolute atomic E-state index is 10.6. The molecule has 2 fully saturated rings. The minimum absolute atomic E-state index is 0.274. The van der Waals surface area contributed by atoms with Crippen molar-refractivity contribution in [2.75, 3.05) is 19.6 Å². The van der Waals surface area contributed by atoms with Gasteiger partial charge in [0.15, 0.2) is 0 Å². The molecule has 0 amide bonds. The van der Waals surface area contributed by atoms with E-state index in [1.54, 1.807) is 0 Å². The lowest BCUT2D eigenvalue weighted by atomic mass is 9.93. The first kappa shape index (κ1) is 12.8. The number of carboxylic acids is 1. The molecule has 0 spiro atoms. The summed E-state index contributed by atoms with van der Waals surface area (Å²) in [5.74, 6) is -0.687. The fourth-order valence-electron chi connectivity index (χ4n) is 2.65. The van der Waals surface area contributed by atoms with Crippen molar-refractivity contribution in [2.45, 2.75) is 51.6 Å². The first-order valence-electron chi connectivity index (χ1n) is 6.65. The molecular weight excluding hydrogens is 216 g/mol. The van der Waals surface area contributed by atoms with Gasteiger partial charge in [-0.3, -0.25) is 9.69 Å². The van der Waals surface area contributed by atoms with Gasteiger partial charge in [-0.05, 0) is 24.7 Å². The van der Waals surface area contributed by atoms with Crippen LogP contribution in [0, 0.1) is 5.41 Å². The van der Waals surface area contributed by atoms with Crippen LogP contribution < -0.4 is 5.32 Å². The lowest BCUT2D eigenvalue weighted by Gasteiger charge is -2.29. The van der Waals surface area contributed by atoms with Crippen molar-refractivity contribution in [3.63, 3.8) is 0 Å². The summed E-state index contributed by atoms with van der Waals surface area (Å²) in [6.07, 6.45) is 3.66. The standard InChI is InChI=1S/C13H24N2O2/c1-13(2)8-14-10(3-6-12(16)17)7-15(9-13)11-4-5-11/h10-11,14H,3-9H2,1-2H3,(H,16,17). The summed E-state index contributed by atoms with van der Waals surface area (Å²) in [6.45, 7) is 7.71. The summed E-state index contributed by atoms with van der Waals surface area (Å²) in [5.41, 5.74) is 0.292. The van der Waals surface area contributed by atoms with Gasteiger partial charge in [0.05, 0.1) is 0 Å². The second-order valence-electron chi connectivity index (χ2n) is 6.34. The SMILES string of the molecule is CC1(C)CNC(CCC(=O)O)CN(C2CC2)C1. The van der Waals surface area contributed by atoms with Crippen LogP contribution in [-0.2, 0) is 4.79 Å². The molecule has 0 aromatic rings. The molecule has 1 heterocycles. The molecule has 2 rings (SSSR count). The Balaban J connectivity index is 1.92. The molecule has 4 nitrogen and oxygen atoms in total. The lowest BCUT2D eigenvalue weighted by molar-refractivity contribution is -0.137. The summed E-state index contributed by atoms with van der Waals surface area (Å²) in [5, 5.41) is 12.3. The van der Waals surface area contributed by atoms with Gasteiger partial charge in [-0.2, -0.15) is 0 Å². The van der Waals surface area contributed by atoms with Gasteiger partial charge in [0.25, 0.3) is 0 Å². The maximum atomic E-state index is 10.6. The summed E-state index contributed by atoms with van der Waals surface area (Å²) in [6, 6.07) is 1.11. The van der Waals surface area contributed by atoms with Crippen LogP contribution >= 0.6 is 0 Å². The van der Waals surface area contributed by atoms with Crippen molar-refractivity contribution in [1.29, 1.82) is 0 Å². The third-order valence-electron chi connectivity index (χ3n) is 3.73. The summed E-state index contributed by atoms with van der Waals surface area (Å²) in [7, 11) is 0. The highest BCUT2D eigenvalue weighted by Crippen LogP contribution is 2.31. The number of carbonyl (C=O) groups is 1. The average Bonchev–Trinajstić information content (AvgIpc) is 3.02. The maximum Gasteiger partial charge on any atom is 0.303 e. The third-order valence-corrected chi connectivity index (χ3v) is 3.73. The molecule has 1 saturated heterocycles. The van der Waals surface area contributed by atoms with Gasteiger partial charge in [0.2, 0.25) is 0 Å². The molecule has 0 aromatic carbocycles. The highest BCUT2D eigenvalue weighted by atomic mass is 16.4. The predicted octanol–water partition coefficient (Wildman–Crippen LogP) is 1.31. The van der Waals surface area contributed by atoms with E-state index in [4.69, 9.17) is 5.11 Å². The average molecular weight is 240 g/mol. The summed E-state index contributed by atoms with van der Waals surface area (Å²) < 4.78 is 0. The monoisotopic (exact) mass is 240 g/mol. The van der Waals surface area contributed by atoms with E-state index in [0.29, 0.717) is 11.5 Å². The van der Waals surface area contributed by atoms with Gasteiger partial charge in [-0.25, -0.2) is 0 Å². The van der Waals surface area contributed by atoms with Crippen molar-refractivity contribution >= 4 is 5.97 Å². The van der Waals surface area contributed by atoms with E-state index in [0.717, 1.165) is 32.1 Å². The topological polar surface area (TPSA) is 52.6 Å². The molecule has 2 aliphatic rings. The van der Waals surface area contributed by atoms with Crippen LogP contribution in [0.5, 0.6) is 0 Å². The van der Waals surface area contributed by atoms with Crippen molar-refractivity contribution in [3.8, 4) is 0 Å². The number of hydrogen-bond donors (Lipinski definition) is 2. The number of nitrogens with zero attached hydrogens (tertiary/aromatic N) is 1. The number of nitrogens with one attached hydrogen (secondary N) is 1. The van der Waals surface area contributed by atoms with E-state index in [2.05, 4.69) is 24.1 Å². The molecule has 4 heteroatoms. The minimum atomic E-state index is -0.687. The van der Waals surface area contributed by atoms with Crippen molar-refractivity contribution in [3.05, 3.63) is 0 Å². The molecule has 17 heavy (non-hydrogen) atoms. The summed E-state index contributed by atoms with van der Waals surface area (Å²) in [4.78, 5) is 13.2. The molecule has 1 saturated carbocycles. The number of rotatable bonds is 4. The third kappa shape index (κ3) is 3.96. The number of aliphatic carboxylic acids is 1. The zero-order valence-electron chi connectivity index (χ0n) is 10.9. The first-order valence-corrected chi connectivity index (χ1v) is 6.65. The Bertz CT molecular complexity index is 287. The molecule has 0 bridgehead atoms. The molecule has 1 atom stereocenters. The van der Waals surface area contributed by atoms with Gasteiger partial charge < -0.3 is 10.4 Å². The Hall–Kier alpha value is -0.610. The van der Waals surface area contributed by atoms with E-state index in [-0.39, 0.29) is 6.42 Å². The van der Waals surface area contributed by atoms with E-state index in [1.807, 2.05) is 0 Å². The fraction of sp³-hybridized carbons (Fsp3) is 0.923.